The summed E-state index contributed by atoms with van der Waals surface area (Å²) in [5, 5.41) is 15.3. The highest BCUT2D eigenvalue weighted by molar-refractivity contribution is 5.80. The highest BCUT2D eigenvalue weighted by Gasteiger charge is 2.15. The van der Waals surface area contributed by atoms with E-state index in [9.17, 15) is 0 Å². The van der Waals surface area contributed by atoms with Crippen LogP contribution in [0, 0.1) is 6.92 Å². The molecule has 0 aliphatic heterocycles. The van der Waals surface area contributed by atoms with Crippen LogP contribution >= 0.6 is 0 Å². The zero-order valence-corrected chi connectivity index (χ0v) is 16.7. The minimum atomic E-state index is 0.256. The Hall–Kier alpha value is -2.37. The smallest absolute Gasteiger partial charge is 0.191 e. The number of benzene rings is 1. The molecule has 6 heteroatoms. The van der Waals surface area contributed by atoms with Crippen LogP contribution in [0.1, 0.15) is 56.7 Å². The van der Waals surface area contributed by atoms with Gasteiger partial charge in [0.25, 0.3) is 0 Å². The van der Waals surface area contributed by atoms with E-state index in [1.165, 1.54) is 5.56 Å². The van der Waals surface area contributed by atoms with Crippen molar-refractivity contribution in [2.24, 2.45) is 12.0 Å². The molecule has 0 saturated carbocycles. The molecule has 0 saturated heterocycles. The monoisotopic (exact) mass is 356 g/mol. The van der Waals surface area contributed by atoms with Gasteiger partial charge in [0.15, 0.2) is 11.8 Å². The van der Waals surface area contributed by atoms with Crippen LogP contribution in [0.2, 0.25) is 0 Å². The molecule has 0 aliphatic carbocycles. The Morgan fingerprint density at radius 1 is 1.19 bits per heavy atom. The van der Waals surface area contributed by atoms with Gasteiger partial charge in [-0.15, -0.1) is 10.2 Å². The summed E-state index contributed by atoms with van der Waals surface area (Å²) in [6.45, 7) is 9.98. The lowest BCUT2D eigenvalue weighted by atomic mass is 9.94. The fourth-order valence-electron chi connectivity index (χ4n) is 2.66. The first-order chi connectivity index (χ1) is 12.5. The predicted molar refractivity (Wildman–Crippen MR) is 107 cm³/mol. The quantitative estimate of drug-likeness (QED) is 0.433. The Bertz CT molecular complexity index is 692. The average Bonchev–Trinajstić information content (AvgIpc) is 2.98. The van der Waals surface area contributed by atoms with Crippen molar-refractivity contribution < 1.29 is 0 Å². The van der Waals surface area contributed by atoms with E-state index in [4.69, 9.17) is 4.99 Å². The van der Waals surface area contributed by atoms with Gasteiger partial charge in [0.2, 0.25) is 0 Å². The first-order valence-electron chi connectivity index (χ1n) is 9.47. The van der Waals surface area contributed by atoms with Gasteiger partial charge in [-0.2, -0.15) is 0 Å². The van der Waals surface area contributed by atoms with E-state index in [0.29, 0.717) is 12.5 Å². The summed E-state index contributed by atoms with van der Waals surface area (Å²) in [6.07, 6.45) is 2.27. The summed E-state index contributed by atoms with van der Waals surface area (Å²) in [5.41, 5.74) is 1.32. The van der Waals surface area contributed by atoms with E-state index in [-0.39, 0.29) is 6.04 Å². The van der Waals surface area contributed by atoms with Crippen LogP contribution in [0.3, 0.4) is 0 Å². The first-order valence-corrected chi connectivity index (χ1v) is 9.47. The van der Waals surface area contributed by atoms with Crippen molar-refractivity contribution in [1.29, 1.82) is 0 Å². The van der Waals surface area contributed by atoms with Crippen LogP contribution in [0.25, 0.3) is 0 Å². The summed E-state index contributed by atoms with van der Waals surface area (Å²) < 4.78 is 1.98. The number of aliphatic imine (C=N–C) groups is 1. The molecule has 2 atom stereocenters. The van der Waals surface area contributed by atoms with Gasteiger partial charge in [-0.25, -0.2) is 4.99 Å². The minimum absolute atomic E-state index is 0.256. The maximum Gasteiger partial charge on any atom is 0.191 e. The van der Waals surface area contributed by atoms with Gasteiger partial charge in [-0.3, -0.25) is 0 Å². The topological polar surface area (TPSA) is 67.1 Å². The number of hydrogen-bond donors (Lipinski definition) is 2. The van der Waals surface area contributed by atoms with Gasteiger partial charge in [-0.1, -0.05) is 50.6 Å². The molecule has 1 aromatic carbocycles. The fourth-order valence-corrected chi connectivity index (χ4v) is 2.66. The van der Waals surface area contributed by atoms with Crippen molar-refractivity contribution >= 4 is 5.96 Å². The number of nitrogens with zero attached hydrogens (tertiary/aromatic N) is 4. The number of nitrogens with one attached hydrogen (secondary N) is 2. The third kappa shape index (κ3) is 5.58. The molecule has 1 heterocycles. The van der Waals surface area contributed by atoms with Crippen LogP contribution in [-0.4, -0.2) is 33.3 Å². The largest absolute Gasteiger partial charge is 0.356 e. The molecule has 0 aliphatic rings. The van der Waals surface area contributed by atoms with Crippen molar-refractivity contribution in [2.45, 2.75) is 59.0 Å². The molecule has 2 aromatic rings. The lowest BCUT2D eigenvalue weighted by Gasteiger charge is -2.24. The van der Waals surface area contributed by atoms with E-state index in [1.54, 1.807) is 0 Å². The van der Waals surface area contributed by atoms with E-state index >= 15 is 0 Å². The van der Waals surface area contributed by atoms with E-state index < -0.39 is 0 Å². The molecular formula is C20H32N6. The molecule has 0 radical (unpaired) electrons. The summed E-state index contributed by atoms with van der Waals surface area (Å²) in [6, 6.07) is 10.8. The Labute approximate surface area is 157 Å². The summed E-state index contributed by atoms with van der Waals surface area (Å²) in [7, 11) is 1.97. The fraction of sp³-hybridized carbons (Fsp3) is 0.550. The van der Waals surface area contributed by atoms with Crippen molar-refractivity contribution in [3.8, 4) is 0 Å². The third-order valence-electron chi connectivity index (χ3n) is 4.82. The Morgan fingerprint density at radius 3 is 2.54 bits per heavy atom. The third-order valence-corrected chi connectivity index (χ3v) is 4.82. The van der Waals surface area contributed by atoms with Crippen molar-refractivity contribution in [2.75, 3.05) is 6.54 Å². The molecule has 0 fully saturated rings. The molecule has 0 amide bonds. The van der Waals surface area contributed by atoms with Crippen molar-refractivity contribution in [3.05, 3.63) is 47.5 Å². The number of rotatable bonds is 8. The summed E-state index contributed by atoms with van der Waals surface area (Å²) in [4.78, 5) is 4.73. The van der Waals surface area contributed by atoms with E-state index in [2.05, 4.69) is 71.9 Å². The van der Waals surface area contributed by atoms with E-state index in [0.717, 1.165) is 37.0 Å². The van der Waals surface area contributed by atoms with Crippen LogP contribution in [-0.2, 0) is 13.6 Å². The van der Waals surface area contributed by atoms with Crippen LogP contribution < -0.4 is 10.6 Å². The average molecular weight is 357 g/mol. The van der Waals surface area contributed by atoms with Crippen LogP contribution in [0.15, 0.2) is 35.3 Å². The highest BCUT2D eigenvalue weighted by atomic mass is 15.3. The second kappa shape index (κ2) is 9.94. The number of aryl methyl sites for hydroxylation is 1. The SMILES string of the molecule is CCCCNC(=NCc1nnc(C)n1C)NC(C)C(C)c1ccccc1. The molecule has 142 valence electrons. The number of hydrogen-bond acceptors (Lipinski definition) is 3. The Balaban J connectivity index is 2.05. The maximum absolute atomic E-state index is 4.73. The van der Waals surface area contributed by atoms with Gasteiger partial charge >= 0.3 is 0 Å². The van der Waals surface area contributed by atoms with Crippen molar-refractivity contribution in [1.82, 2.24) is 25.4 Å². The van der Waals surface area contributed by atoms with Gasteiger partial charge in [-0.05, 0) is 25.8 Å². The van der Waals surface area contributed by atoms with Gasteiger partial charge in [0.05, 0.1) is 0 Å². The first kappa shape index (κ1) is 19.9. The number of guanidine groups is 1. The zero-order valence-electron chi connectivity index (χ0n) is 16.7. The van der Waals surface area contributed by atoms with E-state index in [1.807, 2.05) is 18.5 Å². The molecule has 26 heavy (non-hydrogen) atoms. The molecule has 2 unspecified atom stereocenters. The van der Waals surface area contributed by atoms with Crippen LogP contribution in [0.5, 0.6) is 0 Å². The number of unbranched alkanes of at least 4 members (excludes halogenated alkanes) is 1. The molecule has 1 aromatic heterocycles. The zero-order chi connectivity index (χ0) is 18.9. The Kier molecular flexibility index (Phi) is 7.63. The minimum Gasteiger partial charge on any atom is -0.356 e. The maximum atomic E-state index is 4.73. The molecule has 2 N–H and O–H groups in total. The van der Waals surface area contributed by atoms with Crippen LogP contribution in [0.4, 0.5) is 0 Å². The summed E-state index contributed by atoms with van der Waals surface area (Å²) in [5.74, 6) is 2.97. The van der Waals surface area contributed by atoms with Gasteiger partial charge in [0.1, 0.15) is 12.4 Å². The Morgan fingerprint density at radius 2 is 1.92 bits per heavy atom. The second-order valence-corrected chi connectivity index (χ2v) is 6.80. The second-order valence-electron chi connectivity index (χ2n) is 6.80. The molecule has 0 spiro atoms. The number of aromatic nitrogens is 3. The highest BCUT2D eigenvalue weighted by Crippen LogP contribution is 2.18. The predicted octanol–water partition coefficient (Wildman–Crippen LogP) is 3.15. The lowest BCUT2D eigenvalue weighted by molar-refractivity contribution is 0.547. The standard InChI is InChI=1S/C20H32N6/c1-6-7-13-21-20(22-14-19-25-24-17(4)26(19)5)23-16(3)15(2)18-11-9-8-10-12-18/h8-12,15-16H,6-7,13-14H2,1-5H3,(H2,21,22,23). The molecule has 0 bridgehead atoms. The van der Waals surface area contributed by atoms with Crippen molar-refractivity contribution in [3.63, 3.8) is 0 Å². The molecule has 6 nitrogen and oxygen atoms in total. The normalized spacial score (nSPS) is 14.1. The molecular weight excluding hydrogens is 324 g/mol. The lowest BCUT2D eigenvalue weighted by Crippen LogP contribution is -2.44. The van der Waals surface area contributed by atoms with Gasteiger partial charge < -0.3 is 15.2 Å². The summed E-state index contributed by atoms with van der Waals surface area (Å²) >= 11 is 0. The molecule has 2 rings (SSSR count). The van der Waals surface area contributed by atoms with Gasteiger partial charge in [0, 0.05) is 25.6 Å².